The van der Waals surface area contributed by atoms with Gasteiger partial charge in [-0.1, -0.05) is 388 Å². The highest BCUT2D eigenvalue weighted by molar-refractivity contribution is 7.21. The number of benzene rings is 17. The maximum Gasteiger partial charge on any atom is 0.252 e. The molecule has 0 amide bonds. The molecule has 0 unspecified atom stereocenters. The Bertz CT molecular complexity index is 6010. The number of fused-ring (bicyclic) bond motifs is 7. The fraction of sp³-hybridized carbons (Fsp3) is 0. The van der Waals surface area contributed by atoms with Crippen molar-refractivity contribution in [2.24, 2.45) is 0 Å². The van der Waals surface area contributed by atoms with Crippen LogP contribution in [0.2, 0.25) is 0 Å². The fourth-order valence-corrected chi connectivity index (χ4v) is 33.2. The number of hydrogen-bond acceptors (Lipinski definition) is 2. The number of anilines is 6. The predicted molar refractivity (Wildman–Crippen MR) is 471 cm³/mol. The normalized spacial score (nSPS) is 12.5. The molecule has 2 aliphatic heterocycles. The smallest absolute Gasteiger partial charge is 0.252 e. The topological polar surface area (TPSA) is 11.4 Å². The first-order chi connectivity index (χ1) is 54.1. The van der Waals surface area contributed by atoms with E-state index in [-0.39, 0.29) is 6.71 Å². The summed E-state index contributed by atoms with van der Waals surface area (Å²) in [7, 11) is -9.44. The van der Waals surface area contributed by atoms with Gasteiger partial charge in [-0.25, -0.2) is 0 Å². The van der Waals surface area contributed by atoms with Crippen LogP contribution in [0.4, 0.5) is 34.1 Å². The van der Waals surface area contributed by atoms with Crippen LogP contribution in [0, 0.1) is 0 Å². The summed E-state index contributed by atoms with van der Waals surface area (Å²) in [6.45, 7) is -0.237. The third-order valence-electron chi connectivity index (χ3n) is 23.4. The Morgan fingerprint density at radius 3 is 0.817 bits per heavy atom. The van der Waals surface area contributed by atoms with E-state index in [9.17, 15) is 0 Å². The molecule has 3 nitrogen and oxygen atoms in total. The monoisotopic (exact) mass is 1440 g/mol. The van der Waals surface area contributed by atoms with Gasteiger partial charge >= 0.3 is 0 Å². The van der Waals surface area contributed by atoms with Crippen molar-refractivity contribution in [1.82, 2.24) is 4.57 Å². The molecule has 0 saturated heterocycles. The van der Waals surface area contributed by atoms with E-state index in [0.717, 1.165) is 62.0 Å². The van der Waals surface area contributed by atoms with Gasteiger partial charge in [0.2, 0.25) is 0 Å². The van der Waals surface area contributed by atoms with Crippen molar-refractivity contribution in [3.8, 4) is 16.8 Å². The molecule has 3 heterocycles. The van der Waals surface area contributed by atoms with Crippen molar-refractivity contribution in [3.63, 3.8) is 0 Å². The molecular weight excluding hydrogens is 1360 g/mol. The van der Waals surface area contributed by atoms with Crippen LogP contribution in [0.3, 0.4) is 0 Å². The van der Waals surface area contributed by atoms with Crippen LogP contribution in [0.25, 0.3) is 38.6 Å². The Morgan fingerprint density at radius 2 is 0.468 bits per heavy atom. The second kappa shape index (κ2) is 27.3. The SMILES string of the molecule is c1ccc(-c2ccc3c(c2)N(c2cccc([Si](c4ccccc4)(c4ccccc4)c4ccccc4)c2)c2cc(-n4c5ccccc5c5ccccc54)cc4c2B3c2ccc([Si](c3ccccc3)(c3ccccc3)c3ccccc3)cc2N4c2cccc([Si](c3ccccc3)(c3ccccc3)c3ccccc3)c2)cc1. The molecule has 512 valence electrons. The average Bonchev–Trinajstić information content (AvgIpc) is 1.27. The molecule has 7 heteroatoms. The van der Waals surface area contributed by atoms with Crippen LogP contribution in [-0.4, -0.2) is 35.5 Å². The first-order valence-electron chi connectivity index (χ1n) is 37.9. The van der Waals surface area contributed by atoms with Gasteiger partial charge in [0, 0.05) is 44.9 Å². The van der Waals surface area contributed by atoms with Gasteiger partial charge in [0.05, 0.1) is 16.7 Å². The summed E-state index contributed by atoms with van der Waals surface area (Å²) in [5.74, 6) is 0. The Morgan fingerprint density at radius 1 is 0.183 bits per heavy atom. The first-order valence-corrected chi connectivity index (χ1v) is 43.9. The number of hydrogen-bond donors (Lipinski definition) is 0. The van der Waals surface area contributed by atoms with Gasteiger partial charge in [-0.2, -0.15) is 0 Å². The molecule has 0 radical (unpaired) electrons. The maximum absolute atomic E-state index is 3.19. The highest BCUT2D eigenvalue weighted by atomic mass is 28.3. The second-order valence-corrected chi connectivity index (χ2v) is 40.4. The van der Waals surface area contributed by atoms with Crippen molar-refractivity contribution in [3.05, 3.63) is 449 Å². The van der Waals surface area contributed by atoms with Crippen molar-refractivity contribution in [2.45, 2.75) is 0 Å². The molecule has 18 aromatic rings. The lowest BCUT2D eigenvalue weighted by Crippen LogP contribution is -2.75. The Kier molecular flexibility index (Phi) is 16.4. The van der Waals surface area contributed by atoms with E-state index in [4.69, 9.17) is 0 Å². The molecule has 0 saturated carbocycles. The van der Waals surface area contributed by atoms with Gasteiger partial charge in [0.15, 0.2) is 24.2 Å². The fourth-order valence-electron chi connectivity index (χ4n) is 18.9. The van der Waals surface area contributed by atoms with Gasteiger partial charge in [0.1, 0.15) is 0 Å². The van der Waals surface area contributed by atoms with E-state index in [1.807, 2.05) is 0 Å². The summed E-state index contributed by atoms with van der Waals surface area (Å²) >= 11 is 0. The van der Waals surface area contributed by atoms with Crippen LogP contribution in [-0.2, 0) is 0 Å². The zero-order valence-electron chi connectivity index (χ0n) is 60.1. The third kappa shape index (κ3) is 10.5. The highest BCUT2D eigenvalue weighted by Crippen LogP contribution is 2.47. The van der Waals surface area contributed by atoms with Crippen molar-refractivity contribution in [1.29, 1.82) is 0 Å². The Labute approximate surface area is 641 Å². The summed E-state index contributed by atoms with van der Waals surface area (Å²) in [5, 5.41) is 18.2. The Hall–Kier alpha value is -13.1. The molecule has 0 bridgehead atoms. The summed E-state index contributed by atoms with van der Waals surface area (Å²) in [4.78, 5) is 5.38. The number of nitrogens with zero attached hydrogens (tertiary/aromatic N) is 3. The molecule has 0 atom stereocenters. The van der Waals surface area contributed by atoms with E-state index >= 15 is 0 Å². The molecule has 0 aliphatic carbocycles. The van der Waals surface area contributed by atoms with Crippen LogP contribution >= 0.6 is 0 Å². The number of rotatable bonds is 16. The predicted octanol–water partition coefficient (Wildman–Crippen LogP) is 14.7. The minimum atomic E-state index is -3.19. The molecule has 20 rings (SSSR count). The van der Waals surface area contributed by atoms with Gasteiger partial charge in [-0.3, -0.25) is 0 Å². The lowest BCUT2D eigenvalue weighted by molar-refractivity contribution is 1.16. The largest absolute Gasteiger partial charge is 0.311 e. The zero-order valence-corrected chi connectivity index (χ0v) is 63.1. The van der Waals surface area contributed by atoms with Gasteiger partial charge < -0.3 is 14.4 Å². The summed E-state index contributed by atoms with van der Waals surface area (Å²) in [5.41, 5.74) is 16.1. The van der Waals surface area contributed by atoms with Crippen LogP contribution in [0.15, 0.2) is 449 Å². The number of aromatic nitrogens is 1. The van der Waals surface area contributed by atoms with E-state index in [1.165, 1.54) is 89.4 Å². The molecule has 0 fully saturated rings. The van der Waals surface area contributed by atoms with Crippen LogP contribution < -0.4 is 88.4 Å². The quantitative estimate of drug-likeness (QED) is 0.0706. The van der Waals surface area contributed by atoms with Crippen molar-refractivity contribution >= 4 is 165 Å². The highest BCUT2D eigenvalue weighted by Gasteiger charge is 2.49. The van der Waals surface area contributed by atoms with E-state index < -0.39 is 24.2 Å². The van der Waals surface area contributed by atoms with E-state index in [1.54, 1.807) is 0 Å². The molecule has 17 aromatic carbocycles. The summed E-state index contributed by atoms with van der Waals surface area (Å²) in [6.07, 6.45) is 0. The molecule has 1 aromatic heterocycles. The number of para-hydroxylation sites is 2. The minimum absolute atomic E-state index is 0.237. The van der Waals surface area contributed by atoms with Crippen LogP contribution in [0.5, 0.6) is 0 Å². The van der Waals surface area contributed by atoms with Crippen molar-refractivity contribution < 1.29 is 0 Å². The lowest BCUT2D eigenvalue weighted by Gasteiger charge is -2.45. The molecule has 0 spiro atoms. The summed E-state index contributed by atoms with van der Waals surface area (Å²) in [6, 6.07) is 171. The summed E-state index contributed by atoms with van der Waals surface area (Å²) < 4.78 is 2.55. The van der Waals surface area contributed by atoms with Gasteiger partial charge in [-0.15, -0.1) is 0 Å². The van der Waals surface area contributed by atoms with E-state index in [0.29, 0.717) is 0 Å². The minimum Gasteiger partial charge on any atom is -0.311 e. The molecule has 109 heavy (non-hydrogen) atoms. The lowest BCUT2D eigenvalue weighted by atomic mass is 9.33. The van der Waals surface area contributed by atoms with Crippen LogP contribution in [0.1, 0.15) is 0 Å². The molecular formula is C102H74BN3Si3. The standard InChI is InChI=1S/C102H74BN3Si3/c1-11-37-75(38-12-1)76-65-67-94-98(69-76)104(77-39-35-59-89(70-77)107(80-41-13-2-14-42-80,81-43-15-3-16-44-81)82-45-17-4-18-46-82)100-72-79(106-96-63-33-31-61-92(96)93-62-32-34-64-97(93)106)73-101-102(100)103(94)95-68-66-91(109(86-53-25-8-26-54-86,87-55-27-9-28-56-87)88-57-29-10-30-58-88)74-99(95)105(101)78-40-36-60-90(71-78)108(83-47-19-5-20-48-83,84-49-21-6-22-50-84)85-51-23-7-24-52-85/h1-74H. The molecule has 2 aliphatic rings. The van der Waals surface area contributed by atoms with E-state index in [2.05, 4.69) is 463 Å². The average molecular weight is 1440 g/mol. The zero-order chi connectivity index (χ0) is 72.3. The van der Waals surface area contributed by atoms with Crippen molar-refractivity contribution in [2.75, 3.05) is 9.80 Å². The van der Waals surface area contributed by atoms with Gasteiger partial charge in [-0.05, 0) is 150 Å². The second-order valence-electron chi connectivity index (χ2n) is 28.9. The van der Waals surface area contributed by atoms with Gasteiger partial charge in [0.25, 0.3) is 6.71 Å². The Balaban J connectivity index is 0.945. The maximum atomic E-state index is 2.71. The third-order valence-corrected chi connectivity index (χ3v) is 37.7. The first kappa shape index (κ1) is 65.4. The molecule has 0 N–H and O–H groups in total.